The monoisotopic (exact) mass is 332 g/mol. The third-order valence-corrected chi connectivity index (χ3v) is 3.28. The number of nitrogens with zero attached hydrogens (tertiary/aromatic N) is 1. The Morgan fingerprint density at radius 1 is 1.30 bits per heavy atom. The number of halogens is 1. The number of carbonyl (C=O) groups is 1. The first-order valence-corrected chi connectivity index (χ1v) is 6.95. The van der Waals surface area contributed by atoms with E-state index in [1.807, 2.05) is 0 Å². The van der Waals surface area contributed by atoms with Gasteiger partial charge in [0.25, 0.3) is 5.69 Å². The van der Waals surface area contributed by atoms with Crippen molar-refractivity contribution in [3.8, 4) is 5.75 Å². The highest BCUT2D eigenvalue weighted by molar-refractivity contribution is 6.32. The van der Waals surface area contributed by atoms with Gasteiger partial charge >= 0.3 is 0 Å². The van der Waals surface area contributed by atoms with Gasteiger partial charge < -0.3 is 10.1 Å². The maximum atomic E-state index is 11.9. The van der Waals surface area contributed by atoms with E-state index in [2.05, 4.69) is 5.32 Å². The molecule has 0 unspecified atom stereocenters. The van der Waals surface area contributed by atoms with Gasteiger partial charge in [-0.15, -0.1) is 0 Å². The molecule has 7 heteroatoms. The van der Waals surface area contributed by atoms with E-state index in [1.54, 1.807) is 30.3 Å². The highest BCUT2D eigenvalue weighted by Crippen LogP contribution is 2.26. The number of hydrogen-bond donors (Lipinski definition) is 1. The summed E-state index contributed by atoms with van der Waals surface area (Å²) in [4.78, 5) is 22.2. The first kappa shape index (κ1) is 16.5. The smallest absolute Gasteiger partial charge is 0.288 e. The van der Waals surface area contributed by atoms with Gasteiger partial charge in [-0.05, 0) is 29.8 Å². The molecule has 0 aliphatic rings. The second-order valence-corrected chi connectivity index (χ2v) is 4.90. The van der Waals surface area contributed by atoms with Crippen molar-refractivity contribution < 1.29 is 14.5 Å². The minimum atomic E-state index is -0.575. The van der Waals surface area contributed by atoms with Gasteiger partial charge in [0.15, 0.2) is 0 Å². The van der Waals surface area contributed by atoms with Crippen LogP contribution in [0.15, 0.2) is 48.5 Å². The van der Waals surface area contributed by atoms with Crippen LogP contribution in [0.2, 0.25) is 5.02 Å². The van der Waals surface area contributed by atoms with Crippen LogP contribution in [0.25, 0.3) is 6.08 Å². The minimum absolute atomic E-state index is 0.0469. The summed E-state index contributed by atoms with van der Waals surface area (Å²) in [5, 5.41) is 13.5. The first-order valence-electron chi connectivity index (χ1n) is 6.57. The molecule has 23 heavy (non-hydrogen) atoms. The summed E-state index contributed by atoms with van der Waals surface area (Å²) in [5.74, 6) is 0.156. The molecule has 2 aromatic rings. The molecule has 118 valence electrons. The van der Waals surface area contributed by atoms with E-state index < -0.39 is 4.92 Å². The molecule has 0 fully saturated rings. The van der Waals surface area contributed by atoms with Crippen LogP contribution in [0.4, 0.5) is 11.4 Å². The fourth-order valence-corrected chi connectivity index (χ4v) is 2.05. The highest BCUT2D eigenvalue weighted by atomic mass is 35.5. The number of benzene rings is 2. The van der Waals surface area contributed by atoms with Crippen molar-refractivity contribution in [1.29, 1.82) is 0 Å². The fourth-order valence-electron chi connectivity index (χ4n) is 1.87. The average molecular weight is 333 g/mol. The van der Waals surface area contributed by atoms with Crippen LogP contribution in [0.3, 0.4) is 0 Å². The van der Waals surface area contributed by atoms with Crippen molar-refractivity contribution in [3.63, 3.8) is 0 Å². The van der Waals surface area contributed by atoms with E-state index in [0.717, 1.165) is 0 Å². The number of ether oxygens (including phenoxy) is 1. The Balaban J connectivity index is 2.12. The molecule has 6 nitrogen and oxygen atoms in total. The number of hydrogen-bond acceptors (Lipinski definition) is 4. The predicted molar refractivity (Wildman–Crippen MR) is 88.8 cm³/mol. The first-order chi connectivity index (χ1) is 11.0. The van der Waals surface area contributed by atoms with Crippen LogP contribution in [0.5, 0.6) is 5.75 Å². The summed E-state index contributed by atoms with van der Waals surface area (Å²) in [6.45, 7) is 0. The van der Waals surface area contributed by atoms with Gasteiger partial charge in [-0.25, -0.2) is 0 Å². The molecule has 0 heterocycles. The maximum absolute atomic E-state index is 11.9. The van der Waals surface area contributed by atoms with Crippen molar-refractivity contribution in [1.82, 2.24) is 0 Å². The Bertz CT molecular complexity index is 774. The number of rotatable bonds is 5. The molecule has 2 rings (SSSR count). The summed E-state index contributed by atoms with van der Waals surface area (Å²) >= 11 is 5.74. The van der Waals surface area contributed by atoms with Gasteiger partial charge in [-0.1, -0.05) is 29.8 Å². The lowest BCUT2D eigenvalue weighted by molar-refractivity contribution is -0.384. The fraction of sp³-hybridized carbons (Fsp3) is 0.0625. The molecule has 2 aromatic carbocycles. The molecule has 0 aromatic heterocycles. The Kier molecular flexibility index (Phi) is 5.32. The van der Waals surface area contributed by atoms with Gasteiger partial charge in [-0.2, -0.15) is 0 Å². The zero-order chi connectivity index (χ0) is 16.8. The third-order valence-electron chi connectivity index (χ3n) is 2.96. The lowest BCUT2D eigenvalue weighted by Crippen LogP contribution is -2.08. The summed E-state index contributed by atoms with van der Waals surface area (Å²) in [7, 11) is 1.51. The standard InChI is InChI=1S/C16H13ClN2O4/c1-23-15-5-3-2-4-13(15)18-16(20)9-7-11-6-8-12(17)14(10-11)19(21)22/h2-10H,1H3,(H,18,20). The molecule has 0 aliphatic carbocycles. The van der Waals surface area contributed by atoms with E-state index >= 15 is 0 Å². The van der Waals surface area contributed by atoms with Crippen LogP contribution >= 0.6 is 11.6 Å². The SMILES string of the molecule is COc1ccccc1NC(=O)C=Cc1ccc(Cl)c([N+](=O)[O-])c1. The summed E-state index contributed by atoms with van der Waals surface area (Å²) < 4.78 is 5.14. The van der Waals surface area contributed by atoms with Crippen molar-refractivity contribution >= 4 is 35.0 Å². The molecule has 0 bridgehead atoms. The van der Waals surface area contributed by atoms with E-state index in [1.165, 1.54) is 31.4 Å². The van der Waals surface area contributed by atoms with Crippen LogP contribution in [-0.2, 0) is 4.79 Å². The number of carbonyl (C=O) groups excluding carboxylic acids is 1. The Labute approximate surface area is 137 Å². The van der Waals surface area contributed by atoms with E-state index in [0.29, 0.717) is 17.0 Å². The van der Waals surface area contributed by atoms with Crippen molar-refractivity contribution in [2.45, 2.75) is 0 Å². The summed E-state index contributed by atoms with van der Waals surface area (Å²) in [5.41, 5.74) is 0.821. The van der Waals surface area contributed by atoms with Crippen LogP contribution in [0.1, 0.15) is 5.56 Å². The second-order valence-electron chi connectivity index (χ2n) is 4.49. The lowest BCUT2D eigenvalue weighted by atomic mass is 10.2. The van der Waals surface area contributed by atoms with Gasteiger partial charge in [-0.3, -0.25) is 14.9 Å². The topological polar surface area (TPSA) is 81.5 Å². The molecular weight excluding hydrogens is 320 g/mol. The number of amides is 1. The van der Waals surface area contributed by atoms with Crippen molar-refractivity contribution in [2.75, 3.05) is 12.4 Å². The van der Waals surface area contributed by atoms with Crippen LogP contribution < -0.4 is 10.1 Å². The molecule has 0 atom stereocenters. The van der Waals surface area contributed by atoms with Crippen molar-refractivity contribution in [2.24, 2.45) is 0 Å². The number of para-hydroxylation sites is 2. The quantitative estimate of drug-likeness (QED) is 0.511. The van der Waals surface area contributed by atoms with Gasteiger partial charge in [0.05, 0.1) is 17.7 Å². The molecule has 0 spiro atoms. The highest BCUT2D eigenvalue weighted by Gasteiger charge is 2.11. The van der Waals surface area contributed by atoms with Gasteiger partial charge in [0, 0.05) is 12.1 Å². The lowest BCUT2D eigenvalue weighted by Gasteiger charge is -2.07. The average Bonchev–Trinajstić information content (AvgIpc) is 2.54. The normalized spacial score (nSPS) is 10.5. The van der Waals surface area contributed by atoms with Crippen LogP contribution in [-0.4, -0.2) is 17.9 Å². The molecule has 0 saturated carbocycles. The molecule has 1 N–H and O–H groups in total. The Morgan fingerprint density at radius 2 is 2.04 bits per heavy atom. The van der Waals surface area contributed by atoms with Gasteiger partial charge in [0.1, 0.15) is 10.8 Å². The van der Waals surface area contributed by atoms with E-state index in [-0.39, 0.29) is 16.6 Å². The molecule has 0 aliphatic heterocycles. The number of methoxy groups -OCH3 is 1. The summed E-state index contributed by atoms with van der Waals surface area (Å²) in [6.07, 6.45) is 2.74. The largest absolute Gasteiger partial charge is 0.495 e. The number of anilines is 1. The van der Waals surface area contributed by atoms with Gasteiger partial charge in [0.2, 0.25) is 5.91 Å². The third kappa shape index (κ3) is 4.31. The maximum Gasteiger partial charge on any atom is 0.288 e. The van der Waals surface area contributed by atoms with Crippen LogP contribution in [0, 0.1) is 10.1 Å². The summed E-state index contributed by atoms with van der Waals surface area (Å²) in [6, 6.07) is 11.3. The minimum Gasteiger partial charge on any atom is -0.495 e. The van der Waals surface area contributed by atoms with Crippen molar-refractivity contribution in [3.05, 3.63) is 69.2 Å². The molecular formula is C16H13ClN2O4. The second kappa shape index (κ2) is 7.42. The van der Waals surface area contributed by atoms with E-state index in [9.17, 15) is 14.9 Å². The Morgan fingerprint density at radius 3 is 2.74 bits per heavy atom. The molecule has 1 amide bonds. The number of nitro groups is 1. The number of nitrogens with one attached hydrogen (secondary N) is 1. The predicted octanol–water partition coefficient (Wildman–Crippen LogP) is 3.91. The molecule has 0 radical (unpaired) electrons. The zero-order valence-electron chi connectivity index (χ0n) is 12.2. The zero-order valence-corrected chi connectivity index (χ0v) is 12.9. The molecule has 0 saturated heterocycles. The van der Waals surface area contributed by atoms with E-state index in [4.69, 9.17) is 16.3 Å². The Hall–Kier alpha value is -2.86. The number of nitro benzene ring substituents is 1.